The topological polar surface area (TPSA) is 95.9 Å². The Morgan fingerprint density at radius 3 is 2.81 bits per heavy atom. The van der Waals surface area contributed by atoms with E-state index in [1.165, 1.54) is 11.0 Å². The maximum atomic E-state index is 12.4. The number of carboxylic acids is 1. The average molecular weight is 290 g/mol. The molecule has 2 N–H and O–H groups in total. The van der Waals surface area contributed by atoms with Gasteiger partial charge in [0.1, 0.15) is 12.3 Å². The molecule has 21 heavy (non-hydrogen) atoms. The van der Waals surface area contributed by atoms with E-state index < -0.39 is 5.97 Å². The fourth-order valence-electron chi connectivity index (χ4n) is 2.28. The smallest absolute Gasteiger partial charge is 0.323 e. The molecule has 2 amide bonds. The Balaban J connectivity index is 1.85. The Morgan fingerprint density at radius 1 is 1.38 bits per heavy atom. The van der Waals surface area contributed by atoms with Gasteiger partial charge in [0, 0.05) is 11.6 Å². The number of ether oxygens (including phenoxy) is 1. The number of hydrogen-bond donors (Lipinski definition) is 2. The highest BCUT2D eigenvalue weighted by atomic mass is 16.5. The number of fused-ring (bicyclic) bond motifs is 1. The van der Waals surface area contributed by atoms with Crippen LogP contribution in [0.25, 0.3) is 0 Å². The molecule has 3 rings (SSSR count). The molecule has 110 valence electrons. The Labute approximate surface area is 120 Å². The van der Waals surface area contributed by atoms with Gasteiger partial charge in [-0.25, -0.2) is 0 Å². The first kappa shape index (κ1) is 13.4. The van der Waals surface area contributed by atoms with Gasteiger partial charge in [-0.3, -0.25) is 14.4 Å². The Morgan fingerprint density at radius 2 is 2.14 bits per heavy atom. The van der Waals surface area contributed by atoms with Gasteiger partial charge in [0.15, 0.2) is 6.61 Å². The third-order valence-electron chi connectivity index (χ3n) is 3.41. The van der Waals surface area contributed by atoms with Crippen LogP contribution in [0, 0.1) is 0 Å². The second kappa shape index (κ2) is 5.08. The molecule has 1 aromatic rings. The van der Waals surface area contributed by atoms with Crippen molar-refractivity contribution >= 4 is 23.5 Å². The number of nitrogens with zero attached hydrogens (tertiary/aromatic N) is 1. The van der Waals surface area contributed by atoms with Crippen LogP contribution in [-0.2, 0) is 9.59 Å². The van der Waals surface area contributed by atoms with Gasteiger partial charge in [0.25, 0.3) is 11.8 Å². The van der Waals surface area contributed by atoms with E-state index in [-0.39, 0.29) is 31.0 Å². The van der Waals surface area contributed by atoms with Crippen LogP contribution in [0.2, 0.25) is 0 Å². The Kier molecular flexibility index (Phi) is 3.25. The molecule has 0 aromatic heterocycles. The quantitative estimate of drug-likeness (QED) is 0.851. The minimum atomic E-state index is -1.04. The predicted octanol–water partition coefficient (Wildman–Crippen LogP) is 0.707. The fourth-order valence-corrected chi connectivity index (χ4v) is 2.28. The number of anilines is 1. The first-order valence-corrected chi connectivity index (χ1v) is 6.64. The molecule has 0 unspecified atom stereocenters. The third kappa shape index (κ3) is 2.81. The first-order chi connectivity index (χ1) is 10.0. The molecule has 1 fully saturated rings. The van der Waals surface area contributed by atoms with Crippen molar-refractivity contribution < 1.29 is 24.2 Å². The standard InChI is InChI=1S/C14H14N2O5/c17-12-7-21-11-4-1-8(5-10(11)15-12)14(20)16(6-13(18)19)9-2-3-9/h1,4-5,9H,2-3,6-7H2,(H,15,17)(H,18,19). The van der Waals surface area contributed by atoms with E-state index in [1.807, 2.05) is 0 Å². The van der Waals surface area contributed by atoms with E-state index in [1.54, 1.807) is 12.1 Å². The second-order valence-corrected chi connectivity index (χ2v) is 5.11. The van der Waals surface area contributed by atoms with Gasteiger partial charge in [0.2, 0.25) is 0 Å². The lowest BCUT2D eigenvalue weighted by Gasteiger charge is -2.22. The van der Waals surface area contributed by atoms with E-state index in [0.717, 1.165) is 12.8 Å². The largest absolute Gasteiger partial charge is 0.482 e. The average Bonchev–Trinajstić information content (AvgIpc) is 3.27. The number of nitrogens with one attached hydrogen (secondary N) is 1. The molecule has 0 saturated heterocycles. The van der Waals surface area contributed by atoms with Crippen molar-refractivity contribution in [2.75, 3.05) is 18.5 Å². The lowest BCUT2D eigenvalue weighted by atomic mass is 10.1. The summed E-state index contributed by atoms with van der Waals surface area (Å²) in [6.07, 6.45) is 1.65. The number of benzene rings is 1. The number of aliphatic carboxylic acids is 1. The van der Waals surface area contributed by atoms with Gasteiger partial charge < -0.3 is 20.1 Å². The summed E-state index contributed by atoms with van der Waals surface area (Å²) in [6, 6.07) is 4.70. The third-order valence-corrected chi connectivity index (χ3v) is 3.41. The molecule has 0 bridgehead atoms. The molecular formula is C14H14N2O5. The monoisotopic (exact) mass is 290 g/mol. The number of rotatable bonds is 4. The van der Waals surface area contributed by atoms with Gasteiger partial charge >= 0.3 is 5.97 Å². The van der Waals surface area contributed by atoms with E-state index >= 15 is 0 Å². The van der Waals surface area contributed by atoms with Crippen molar-refractivity contribution in [3.05, 3.63) is 23.8 Å². The zero-order chi connectivity index (χ0) is 15.0. The number of carbonyl (C=O) groups is 3. The molecule has 0 atom stereocenters. The summed E-state index contributed by atoms with van der Waals surface area (Å²) in [5.74, 6) is -1.16. The Hall–Kier alpha value is -2.57. The van der Waals surface area contributed by atoms with Crippen LogP contribution in [0.15, 0.2) is 18.2 Å². The van der Waals surface area contributed by atoms with Crippen LogP contribution >= 0.6 is 0 Å². The van der Waals surface area contributed by atoms with Gasteiger partial charge in [-0.1, -0.05) is 0 Å². The summed E-state index contributed by atoms with van der Waals surface area (Å²) in [6.45, 7) is -0.364. The molecular weight excluding hydrogens is 276 g/mol. The van der Waals surface area contributed by atoms with Crippen molar-refractivity contribution in [1.29, 1.82) is 0 Å². The van der Waals surface area contributed by atoms with E-state index in [2.05, 4.69) is 5.32 Å². The van der Waals surface area contributed by atoms with Crippen LogP contribution in [0.1, 0.15) is 23.2 Å². The lowest BCUT2D eigenvalue weighted by Crippen LogP contribution is -2.37. The molecule has 0 spiro atoms. The number of amides is 2. The van der Waals surface area contributed by atoms with E-state index in [9.17, 15) is 14.4 Å². The summed E-state index contributed by atoms with van der Waals surface area (Å²) in [7, 11) is 0. The number of carboxylic acid groups (broad SMARTS) is 1. The van der Waals surface area contributed by atoms with Crippen LogP contribution < -0.4 is 10.1 Å². The van der Waals surface area contributed by atoms with E-state index in [0.29, 0.717) is 17.0 Å². The maximum absolute atomic E-state index is 12.4. The number of hydrogen-bond acceptors (Lipinski definition) is 4. The molecule has 7 nitrogen and oxygen atoms in total. The van der Waals surface area contributed by atoms with Gasteiger partial charge in [-0.05, 0) is 31.0 Å². The molecule has 1 saturated carbocycles. The molecule has 0 radical (unpaired) electrons. The van der Waals surface area contributed by atoms with Crippen molar-refractivity contribution in [3.8, 4) is 5.75 Å². The SMILES string of the molecule is O=C(O)CN(C(=O)c1ccc2c(c1)NC(=O)CO2)C1CC1. The molecule has 7 heteroatoms. The van der Waals surface area contributed by atoms with E-state index in [4.69, 9.17) is 9.84 Å². The fraction of sp³-hybridized carbons (Fsp3) is 0.357. The Bertz CT molecular complexity index is 624. The zero-order valence-corrected chi connectivity index (χ0v) is 11.2. The minimum Gasteiger partial charge on any atom is -0.482 e. The highest BCUT2D eigenvalue weighted by Gasteiger charge is 2.34. The second-order valence-electron chi connectivity index (χ2n) is 5.11. The van der Waals surface area contributed by atoms with Crippen molar-refractivity contribution in [1.82, 2.24) is 4.90 Å². The summed E-state index contributed by atoms with van der Waals surface area (Å²) < 4.78 is 5.22. The van der Waals surface area contributed by atoms with Gasteiger partial charge in [-0.15, -0.1) is 0 Å². The van der Waals surface area contributed by atoms with Crippen molar-refractivity contribution in [2.24, 2.45) is 0 Å². The summed E-state index contributed by atoms with van der Waals surface area (Å²) >= 11 is 0. The summed E-state index contributed by atoms with van der Waals surface area (Å²) in [5.41, 5.74) is 0.774. The molecule has 2 aliphatic rings. The van der Waals surface area contributed by atoms with Gasteiger partial charge in [-0.2, -0.15) is 0 Å². The lowest BCUT2D eigenvalue weighted by molar-refractivity contribution is -0.137. The van der Waals surface area contributed by atoms with Crippen LogP contribution in [-0.4, -0.2) is 47.0 Å². The molecule has 1 aliphatic carbocycles. The normalized spacial score (nSPS) is 16.5. The maximum Gasteiger partial charge on any atom is 0.323 e. The van der Waals surface area contributed by atoms with Crippen LogP contribution in [0.5, 0.6) is 5.75 Å². The molecule has 1 aromatic carbocycles. The van der Waals surface area contributed by atoms with Crippen LogP contribution in [0.3, 0.4) is 0 Å². The van der Waals surface area contributed by atoms with Gasteiger partial charge in [0.05, 0.1) is 5.69 Å². The minimum absolute atomic E-state index is 0.00419. The first-order valence-electron chi connectivity index (χ1n) is 6.64. The predicted molar refractivity (Wildman–Crippen MR) is 72.3 cm³/mol. The van der Waals surface area contributed by atoms with Crippen LogP contribution in [0.4, 0.5) is 5.69 Å². The zero-order valence-electron chi connectivity index (χ0n) is 11.2. The highest BCUT2D eigenvalue weighted by molar-refractivity contribution is 6.00. The summed E-state index contributed by atoms with van der Waals surface area (Å²) in [4.78, 5) is 36.0. The molecule has 1 heterocycles. The number of carbonyl (C=O) groups excluding carboxylic acids is 2. The summed E-state index contributed by atoms with van der Waals surface area (Å²) in [5, 5.41) is 11.5. The van der Waals surface area contributed by atoms with Crippen molar-refractivity contribution in [3.63, 3.8) is 0 Å². The van der Waals surface area contributed by atoms with Crippen molar-refractivity contribution in [2.45, 2.75) is 18.9 Å². The molecule has 1 aliphatic heterocycles. The highest BCUT2D eigenvalue weighted by Crippen LogP contribution is 2.31.